The summed E-state index contributed by atoms with van der Waals surface area (Å²) >= 11 is 0. The Hall–Kier alpha value is -1.12. The summed E-state index contributed by atoms with van der Waals surface area (Å²) in [5, 5.41) is 6.98. The Bertz CT molecular complexity index is 170. The average Bonchev–Trinajstić information content (AvgIpc) is 1.87. The molecule has 1 N–H and O–H groups in total. The van der Waals surface area contributed by atoms with E-state index in [0.717, 1.165) is 5.76 Å². The first-order valence-electron chi connectivity index (χ1n) is 2.96. The van der Waals surface area contributed by atoms with E-state index in [1.54, 1.807) is 27.2 Å². The van der Waals surface area contributed by atoms with Crippen molar-refractivity contribution in [2.75, 3.05) is 7.11 Å². The molecule has 0 aromatic rings. The predicted molar refractivity (Wildman–Crippen MR) is 42.7 cm³/mol. The molecule has 0 fully saturated rings. The van der Waals surface area contributed by atoms with Crippen molar-refractivity contribution in [2.24, 2.45) is 4.99 Å². The van der Waals surface area contributed by atoms with Crippen LogP contribution in [0.5, 0.6) is 0 Å². The van der Waals surface area contributed by atoms with Gasteiger partial charge in [-0.3, -0.25) is 4.99 Å². The van der Waals surface area contributed by atoms with Gasteiger partial charge < -0.3 is 10.1 Å². The molecule has 0 saturated carbocycles. The minimum Gasteiger partial charge on any atom is -0.500 e. The second-order valence-electron chi connectivity index (χ2n) is 1.91. The summed E-state index contributed by atoms with van der Waals surface area (Å²) in [6.45, 7) is 3.47. The molecule has 0 rings (SSSR count). The van der Waals surface area contributed by atoms with Gasteiger partial charge in [-0.2, -0.15) is 0 Å². The topological polar surface area (TPSA) is 45.4 Å². The number of nitrogens with one attached hydrogen (secondary N) is 1. The molecule has 3 heteroatoms. The van der Waals surface area contributed by atoms with Crippen LogP contribution in [0.2, 0.25) is 0 Å². The monoisotopic (exact) mass is 140 g/mol. The van der Waals surface area contributed by atoms with Crippen molar-refractivity contribution in [1.29, 1.82) is 5.41 Å². The lowest BCUT2D eigenvalue weighted by Gasteiger charge is -1.92. The highest BCUT2D eigenvalue weighted by atomic mass is 16.5. The van der Waals surface area contributed by atoms with Gasteiger partial charge in [0, 0.05) is 11.9 Å². The Morgan fingerprint density at radius 1 is 1.50 bits per heavy atom. The van der Waals surface area contributed by atoms with Crippen LogP contribution in [0.1, 0.15) is 13.8 Å². The molecule has 10 heavy (non-hydrogen) atoms. The van der Waals surface area contributed by atoms with E-state index in [1.807, 2.05) is 0 Å². The van der Waals surface area contributed by atoms with Gasteiger partial charge in [0.05, 0.1) is 13.3 Å². The third-order valence-corrected chi connectivity index (χ3v) is 0.846. The Balaban J connectivity index is 3.82. The summed E-state index contributed by atoms with van der Waals surface area (Å²) in [6, 6.07) is 0. The van der Waals surface area contributed by atoms with Gasteiger partial charge in [-0.1, -0.05) is 0 Å². The largest absolute Gasteiger partial charge is 0.500 e. The smallest absolute Gasteiger partial charge is 0.111 e. The third-order valence-electron chi connectivity index (χ3n) is 0.846. The quantitative estimate of drug-likeness (QED) is 0.469. The molecule has 0 amide bonds. The van der Waals surface area contributed by atoms with E-state index in [4.69, 9.17) is 10.1 Å². The average molecular weight is 140 g/mol. The molecule has 0 spiro atoms. The predicted octanol–water partition coefficient (Wildman–Crippen LogP) is 1.60. The number of allylic oxidation sites excluding steroid dienone is 1. The fourth-order valence-corrected chi connectivity index (χ4v) is 0.307. The van der Waals surface area contributed by atoms with Gasteiger partial charge >= 0.3 is 0 Å². The third kappa shape index (κ3) is 5.03. The fraction of sp³-hybridized carbons (Fsp3) is 0.429. The normalized spacial score (nSPS) is 12.1. The molecule has 0 atom stereocenters. The van der Waals surface area contributed by atoms with E-state index < -0.39 is 0 Å². The molecule has 0 aliphatic heterocycles. The van der Waals surface area contributed by atoms with Gasteiger partial charge in [0.1, 0.15) is 5.76 Å². The van der Waals surface area contributed by atoms with Crippen LogP contribution in [0.4, 0.5) is 0 Å². The molecule has 0 aromatic heterocycles. The van der Waals surface area contributed by atoms with Gasteiger partial charge in [-0.15, -0.1) is 0 Å². The lowest BCUT2D eigenvalue weighted by atomic mass is 10.5. The Labute approximate surface area is 60.9 Å². The zero-order valence-electron chi connectivity index (χ0n) is 6.51. The van der Waals surface area contributed by atoms with Crippen LogP contribution in [0.25, 0.3) is 0 Å². The van der Waals surface area contributed by atoms with Crippen molar-refractivity contribution in [2.45, 2.75) is 13.8 Å². The molecule has 0 aromatic carbocycles. The lowest BCUT2D eigenvalue weighted by Crippen LogP contribution is -1.87. The van der Waals surface area contributed by atoms with Gasteiger partial charge in [-0.05, 0) is 13.8 Å². The van der Waals surface area contributed by atoms with Gasteiger partial charge in [0.2, 0.25) is 0 Å². The minimum absolute atomic E-state index is 0.431. The summed E-state index contributed by atoms with van der Waals surface area (Å²) in [5.74, 6) is 0.734. The Morgan fingerprint density at radius 3 is 2.50 bits per heavy atom. The van der Waals surface area contributed by atoms with Crippen molar-refractivity contribution in [1.82, 2.24) is 0 Å². The van der Waals surface area contributed by atoms with E-state index in [1.165, 1.54) is 6.21 Å². The van der Waals surface area contributed by atoms with Crippen LogP contribution in [0.3, 0.4) is 0 Å². The molecule has 56 valence electrons. The van der Waals surface area contributed by atoms with E-state index in [0.29, 0.717) is 5.71 Å². The first-order chi connectivity index (χ1) is 4.66. The first kappa shape index (κ1) is 8.88. The van der Waals surface area contributed by atoms with Crippen molar-refractivity contribution < 1.29 is 4.74 Å². The maximum absolute atomic E-state index is 6.98. The lowest BCUT2D eigenvalue weighted by molar-refractivity contribution is 0.292. The highest BCUT2D eigenvalue weighted by Gasteiger charge is 1.79. The van der Waals surface area contributed by atoms with Crippen molar-refractivity contribution in [3.05, 3.63) is 12.0 Å². The van der Waals surface area contributed by atoms with Crippen LogP contribution in [-0.2, 0) is 4.74 Å². The van der Waals surface area contributed by atoms with Crippen LogP contribution in [-0.4, -0.2) is 19.0 Å². The zero-order valence-corrected chi connectivity index (χ0v) is 6.51. The molecule has 0 saturated heterocycles. The minimum atomic E-state index is 0.431. The molecule has 0 bridgehead atoms. The highest BCUT2D eigenvalue weighted by Crippen LogP contribution is 1.90. The van der Waals surface area contributed by atoms with Gasteiger partial charge in [0.25, 0.3) is 0 Å². The van der Waals surface area contributed by atoms with E-state index in [2.05, 4.69) is 4.99 Å². The molecular weight excluding hydrogens is 128 g/mol. The van der Waals surface area contributed by atoms with Crippen LogP contribution >= 0.6 is 0 Å². The maximum Gasteiger partial charge on any atom is 0.111 e. The van der Waals surface area contributed by atoms with E-state index >= 15 is 0 Å². The standard InChI is InChI=1S/C7H12N2O/c1-6(8)4-9-5-7(2)10-3/h4-5,8H,1-3H3/b7-5+,8-6?,9-4?. The van der Waals surface area contributed by atoms with Crippen LogP contribution in [0, 0.1) is 5.41 Å². The summed E-state index contributed by atoms with van der Waals surface area (Å²) in [4.78, 5) is 3.81. The zero-order chi connectivity index (χ0) is 7.98. The Morgan fingerprint density at radius 2 is 2.10 bits per heavy atom. The van der Waals surface area contributed by atoms with Crippen LogP contribution in [0.15, 0.2) is 17.0 Å². The van der Waals surface area contributed by atoms with Crippen molar-refractivity contribution >= 4 is 11.9 Å². The highest BCUT2D eigenvalue weighted by molar-refractivity contribution is 6.27. The second-order valence-corrected chi connectivity index (χ2v) is 1.91. The molecule has 0 aliphatic carbocycles. The summed E-state index contributed by atoms with van der Waals surface area (Å²) in [6.07, 6.45) is 3.03. The number of hydrogen-bond acceptors (Lipinski definition) is 3. The van der Waals surface area contributed by atoms with E-state index in [-0.39, 0.29) is 0 Å². The number of hydrogen-bond donors (Lipinski definition) is 1. The van der Waals surface area contributed by atoms with Gasteiger partial charge in [-0.25, -0.2) is 0 Å². The van der Waals surface area contributed by atoms with Crippen molar-refractivity contribution in [3.63, 3.8) is 0 Å². The van der Waals surface area contributed by atoms with E-state index in [9.17, 15) is 0 Å². The van der Waals surface area contributed by atoms with Gasteiger partial charge in [0.15, 0.2) is 0 Å². The molecular formula is C7H12N2O. The number of methoxy groups -OCH3 is 1. The van der Waals surface area contributed by atoms with Crippen LogP contribution < -0.4 is 0 Å². The number of nitrogens with zero attached hydrogens (tertiary/aromatic N) is 1. The molecule has 0 radical (unpaired) electrons. The fourth-order valence-electron chi connectivity index (χ4n) is 0.307. The molecule has 0 unspecified atom stereocenters. The first-order valence-corrected chi connectivity index (χ1v) is 2.96. The second kappa shape index (κ2) is 4.73. The summed E-state index contributed by atoms with van der Waals surface area (Å²) < 4.78 is 4.81. The maximum atomic E-state index is 6.98. The number of ether oxygens (including phenoxy) is 1. The molecule has 3 nitrogen and oxygen atoms in total. The summed E-state index contributed by atoms with van der Waals surface area (Å²) in [5.41, 5.74) is 0.431. The SMILES string of the molecule is CO/C(C)=C/N=CC(C)=N. The number of aliphatic imine (C=N–C) groups is 1. The Kier molecular flexibility index (Phi) is 4.20. The summed E-state index contributed by atoms with van der Waals surface area (Å²) in [7, 11) is 1.58. The van der Waals surface area contributed by atoms with Crippen molar-refractivity contribution in [3.8, 4) is 0 Å². The number of rotatable bonds is 3. The molecule has 0 heterocycles. The molecule has 0 aliphatic rings.